The van der Waals surface area contributed by atoms with Crippen LogP contribution in [0.25, 0.3) is 0 Å². The van der Waals surface area contributed by atoms with E-state index in [1.165, 1.54) is 12.0 Å². The Kier molecular flexibility index (Phi) is 2.60. The van der Waals surface area contributed by atoms with E-state index >= 15 is 0 Å². The largest absolute Gasteiger partial charge is 0.481 e. The Bertz CT molecular complexity index is 496. The monoisotopic (exact) mass is 308 g/mol. The van der Waals surface area contributed by atoms with E-state index in [1.54, 1.807) is 0 Å². The van der Waals surface area contributed by atoms with E-state index in [4.69, 9.17) is 0 Å². The predicted molar refractivity (Wildman–Crippen MR) is 73.5 cm³/mol. The fourth-order valence-electron chi connectivity index (χ4n) is 4.24. The van der Waals surface area contributed by atoms with E-state index in [-0.39, 0.29) is 11.3 Å². The van der Waals surface area contributed by atoms with Crippen molar-refractivity contribution in [3.8, 4) is 0 Å². The zero-order valence-corrected chi connectivity index (χ0v) is 12.0. The first kappa shape index (κ1) is 12.2. The van der Waals surface area contributed by atoms with Gasteiger partial charge in [0.25, 0.3) is 0 Å². The predicted octanol–water partition coefficient (Wildman–Crippen LogP) is 4.20. The molecule has 0 aliphatic heterocycles. The molecule has 0 heterocycles. The van der Waals surface area contributed by atoms with Crippen LogP contribution in [0.2, 0.25) is 0 Å². The normalized spacial score (nSPS) is 38.0. The van der Waals surface area contributed by atoms with Crippen molar-refractivity contribution >= 4 is 21.9 Å². The number of carbonyl (C=O) groups is 1. The molecule has 18 heavy (non-hydrogen) atoms. The van der Waals surface area contributed by atoms with E-state index in [9.17, 15) is 9.90 Å². The number of halogens is 1. The van der Waals surface area contributed by atoms with Gasteiger partial charge in [0.2, 0.25) is 0 Å². The van der Waals surface area contributed by atoms with Crippen LogP contribution in [-0.4, -0.2) is 11.1 Å². The van der Waals surface area contributed by atoms with Gasteiger partial charge in [-0.05, 0) is 36.0 Å². The van der Waals surface area contributed by atoms with Crippen LogP contribution in [0.5, 0.6) is 0 Å². The molecular weight excluding hydrogens is 292 g/mol. The van der Waals surface area contributed by atoms with Crippen molar-refractivity contribution in [3.63, 3.8) is 0 Å². The average Bonchev–Trinajstić information content (AvgIpc) is 2.92. The molecule has 1 aromatic carbocycles. The van der Waals surface area contributed by atoms with Gasteiger partial charge in [-0.15, -0.1) is 0 Å². The summed E-state index contributed by atoms with van der Waals surface area (Å²) >= 11 is 3.43. The third-order valence-electron chi connectivity index (χ3n) is 5.17. The number of carboxylic acids is 1. The third kappa shape index (κ3) is 1.37. The molecule has 3 heteroatoms. The summed E-state index contributed by atoms with van der Waals surface area (Å²) in [5.74, 6) is -0.407. The molecule has 0 unspecified atom stereocenters. The van der Waals surface area contributed by atoms with Gasteiger partial charge in [0.15, 0.2) is 0 Å². The second-order valence-electron chi connectivity index (χ2n) is 5.89. The van der Waals surface area contributed by atoms with Crippen molar-refractivity contribution in [2.75, 3.05) is 0 Å². The van der Waals surface area contributed by atoms with Crippen LogP contribution in [0.15, 0.2) is 28.7 Å². The molecule has 2 fully saturated rings. The fourth-order valence-corrected chi connectivity index (χ4v) is 4.50. The lowest BCUT2D eigenvalue weighted by atomic mass is 9.81. The minimum absolute atomic E-state index is 0.0368. The van der Waals surface area contributed by atoms with E-state index in [2.05, 4.69) is 35.0 Å². The van der Waals surface area contributed by atoms with Crippen molar-refractivity contribution < 1.29 is 9.90 Å². The molecule has 2 aliphatic carbocycles. The summed E-state index contributed by atoms with van der Waals surface area (Å²) in [6, 6.07) is 8.17. The van der Waals surface area contributed by atoms with Crippen LogP contribution in [0, 0.1) is 10.8 Å². The zero-order valence-electron chi connectivity index (χ0n) is 10.4. The highest BCUT2D eigenvalue weighted by atomic mass is 79.9. The molecule has 2 aliphatic rings. The molecule has 1 aromatic rings. The summed E-state index contributed by atoms with van der Waals surface area (Å²) in [5, 5.41) is 9.68. The van der Waals surface area contributed by atoms with Gasteiger partial charge in [-0.2, -0.15) is 0 Å². The molecule has 0 amide bonds. The number of hydrogen-bond donors (Lipinski definition) is 1. The Morgan fingerprint density at radius 1 is 1.28 bits per heavy atom. The smallest absolute Gasteiger partial charge is 0.310 e. The standard InChI is InChI=1S/C15H17BrO2/c1-14-8-2-3-9-15(14,13(17)18)12(14)10-4-6-11(16)7-5-10/h4-7,12H,2-3,8-9H2,1H3,(H,17,18)/t12-,14+,15+/m1/s1. The molecule has 2 saturated carbocycles. The topological polar surface area (TPSA) is 37.3 Å². The summed E-state index contributed by atoms with van der Waals surface area (Å²) in [5.41, 5.74) is 0.647. The van der Waals surface area contributed by atoms with Gasteiger partial charge in [0.1, 0.15) is 0 Å². The molecule has 0 bridgehead atoms. The first-order chi connectivity index (χ1) is 8.52. The maximum Gasteiger partial charge on any atom is 0.310 e. The highest BCUT2D eigenvalue weighted by molar-refractivity contribution is 9.10. The lowest BCUT2D eigenvalue weighted by molar-refractivity contribution is -0.146. The quantitative estimate of drug-likeness (QED) is 0.889. The van der Waals surface area contributed by atoms with Crippen LogP contribution in [0.1, 0.15) is 44.1 Å². The van der Waals surface area contributed by atoms with E-state index in [0.29, 0.717) is 0 Å². The Labute approximate surface area is 116 Å². The molecule has 3 rings (SSSR count). The lowest BCUT2D eigenvalue weighted by Gasteiger charge is -2.23. The van der Waals surface area contributed by atoms with E-state index in [0.717, 1.165) is 23.7 Å². The first-order valence-electron chi connectivity index (χ1n) is 6.51. The lowest BCUT2D eigenvalue weighted by Crippen LogP contribution is -2.25. The van der Waals surface area contributed by atoms with Gasteiger partial charge in [-0.1, -0.05) is 47.8 Å². The van der Waals surface area contributed by atoms with Gasteiger partial charge in [0, 0.05) is 10.4 Å². The molecule has 0 aromatic heterocycles. The maximum absolute atomic E-state index is 11.8. The van der Waals surface area contributed by atoms with Crippen molar-refractivity contribution in [3.05, 3.63) is 34.3 Å². The summed E-state index contributed by atoms with van der Waals surface area (Å²) in [7, 11) is 0. The van der Waals surface area contributed by atoms with Crippen molar-refractivity contribution in [1.82, 2.24) is 0 Å². The Morgan fingerprint density at radius 2 is 1.89 bits per heavy atom. The summed E-state index contributed by atoms with van der Waals surface area (Å²) in [6.45, 7) is 2.16. The zero-order chi connectivity index (χ0) is 13.0. The number of hydrogen-bond acceptors (Lipinski definition) is 1. The molecular formula is C15H17BrO2. The maximum atomic E-state index is 11.8. The number of aliphatic carboxylic acids is 1. The molecule has 2 nitrogen and oxygen atoms in total. The number of fused-ring (bicyclic) bond motifs is 1. The van der Waals surface area contributed by atoms with Gasteiger partial charge in [0.05, 0.1) is 5.41 Å². The highest BCUT2D eigenvalue weighted by Crippen LogP contribution is 2.80. The van der Waals surface area contributed by atoms with Crippen LogP contribution in [0.3, 0.4) is 0 Å². The highest BCUT2D eigenvalue weighted by Gasteiger charge is 2.78. The van der Waals surface area contributed by atoms with E-state index < -0.39 is 11.4 Å². The van der Waals surface area contributed by atoms with Gasteiger partial charge < -0.3 is 5.11 Å². The summed E-state index contributed by atoms with van der Waals surface area (Å²) in [6.07, 6.45) is 4.09. The minimum Gasteiger partial charge on any atom is -0.481 e. The van der Waals surface area contributed by atoms with Crippen molar-refractivity contribution in [2.24, 2.45) is 10.8 Å². The van der Waals surface area contributed by atoms with Crippen LogP contribution in [-0.2, 0) is 4.79 Å². The number of carboxylic acid groups (broad SMARTS) is 1. The van der Waals surface area contributed by atoms with Crippen LogP contribution in [0.4, 0.5) is 0 Å². The van der Waals surface area contributed by atoms with E-state index in [1.807, 2.05) is 12.1 Å². The fraction of sp³-hybridized carbons (Fsp3) is 0.533. The summed E-state index contributed by atoms with van der Waals surface area (Å²) < 4.78 is 1.05. The van der Waals surface area contributed by atoms with Crippen molar-refractivity contribution in [2.45, 2.75) is 38.5 Å². The molecule has 0 saturated heterocycles. The van der Waals surface area contributed by atoms with Gasteiger partial charge in [-0.25, -0.2) is 0 Å². The molecule has 1 N–H and O–H groups in total. The third-order valence-corrected chi connectivity index (χ3v) is 5.70. The Balaban J connectivity index is 2.02. The number of rotatable bonds is 2. The molecule has 0 radical (unpaired) electrons. The van der Waals surface area contributed by atoms with Gasteiger partial charge in [-0.3, -0.25) is 4.79 Å². The van der Waals surface area contributed by atoms with Crippen molar-refractivity contribution in [1.29, 1.82) is 0 Å². The second-order valence-corrected chi connectivity index (χ2v) is 6.80. The Morgan fingerprint density at radius 3 is 2.44 bits per heavy atom. The minimum atomic E-state index is -0.599. The number of benzene rings is 1. The van der Waals surface area contributed by atoms with Crippen LogP contribution >= 0.6 is 15.9 Å². The molecule has 0 spiro atoms. The van der Waals surface area contributed by atoms with Gasteiger partial charge >= 0.3 is 5.97 Å². The second kappa shape index (κ2) is 3.83. The SMILES string of the molecule is C[C@@]12CCCC[C@@]1(C(=O)O)[C@@H]2c1ccc(Br)cc1. The average molecular weight is 309 g/mol. The molecule has 3 atom stereocenters. The van der Waals surface area contributed by atoms with Crippen LogP contribution < -0.4 is 0 Å². The first-order valence-corrected chi connectivity index (χ1v) is 7.30. The molecule has 96 valence electrons. The summed E-state index contributed by atoms with van der Waals surface area (Å²) in [4.78, 5) is 11.8. The Hall–Kier alpha value is -0.830.